The molecule has 0 aliphatic carbocycles. The molecule has 2 nitrogen and oxygen atoms in total. The van der Waals surface area contributed by atoms with E-state index in [0.717, 1.165) is 6.42 Å². The number of carboxylic acid groups (broad SMARTS) is 1. The molecule has 2 heteroatoms. The maximum Gasteiger partial charge on any atom is 0.303 e. The molecule has 72 valence electrons. The molecule has 0 fully saturated rings. The van der Waals surface area contributed by atoms with Crippen LogP contribution in [0.15, 0.2) is 0 Å². The first-order valence-corrected chi connectivity index (χ1v) is 4.67. The fraction of sp³-hybridized carbons (Fsp3) is 0.900. The maximum absolute atomic E-state index is 10.3. The van der Waals surface area contributed by atoms with Crippen LogP contribution in [0.5, 0.6) is 0 Å². The summed E-state index contributed by atoms with van der Waals surface area (Å²) in [4.78, 5) is 10.3. The van der Waals surface area contributed by atoms with Gasteiger partial charge in [0.1, 0.15) is 0 Å². The number of aliphatic carboxylic acids is 1. The summed E-state index contributed by atoms with van der Waals surface area (Å²) in [5, 5.41) is 8.53. The molecule has 0 aliphatic heterocycles. The molecule has 0 aliphatic rings. The van der Waals surface area contributed by atoms with Crippen molar-refractivity contribution in [3.63, 3.8) is 0 Å². The van der Waals surface area contributed by atoms with Gasteiger partial charge >= 0.3 is 5.97 Å². The van der Waals surface area contributed by atoms with Gasteiger partial charge in [-0.1, -0.05) is 27.7 Å². The van der Waals surface area contributed by atoms with Gasteiger partial charge in [0, 0.05) is 6.42 Å². The third-order valence-corrected chi connectivity index (χ3v) is 2.40. The minimum atomic E-state index is -0.679. The van der Waals surface area contributed by atoms with E-state index in [0.29, 0.717) is 24.2 Å². The molecule has 0 rings (SSSR count). The Labute approximate surface area is 75.0 Å². The van der Waals surface area contributed by atoms with E-state index >= 15 is 0 Å². The van der Waals surface area contributed by atoms with Crippen molar-refractivity contribution in [2.75, 3.05) is 0 Å². The van der Waals surface area contributed by atoms with E-state index in [2.05, 4.69) is 27.7 Å². The third kappa shape index (κ3) is 4.37. The Morgan fingerprint density at radius 2 is 1.58 bits per heavy atom. The minimum Gasteiger partial charge on any atom is -0.481 e. The Bertz CT molecular complexity index is 131. The first-order chi connectivity index (χ1) is 5.45. The van der Waals surface area contributed by atoms with E-state index in [4.69, 9.17) is 5.11 Å². The van der Waals surface area contributed by atoms with Crippen LogP contribution >= 0.6 is 0 Å². The van der Waals surface area contributed by atoms with Crippen LogP contribution in [0.2, 0.25) is 0 Å². The van der Waals surface area contributed by atoms with Crippen molar-refractivity contribution < 1.29 is 9.90 Å². The van der Waals surface area contributed by atoms with Crippen LogP contribution in [0.4, 0.5) is 0 Å². The fourth-order valence-corrected chi connectivity index (χ4v) is 1.73. The van der Waals surface area contributed by atoms with Gasteiger partial charge in [-0.25, -0.2) is 0 Å². The Morgan fingerprint density at radius 3 is 1.83 bits per heavy atom. The lowest BCUT2D eigenvalue weighted by Crippen LogP contribution is -2.16. The average Bonchev–Trinajstić information content (AvgIpc) is 1.84. The normalized spacial score (nSPS) is 11.6. The van der Waals surface area contributed by atoms with Crippen LogP contribution in [0.3, 0.4) is 0 Å². The van der Waals surface area contributed by atoms with Crippen molar-refractivity contribution >= 4 is 5.97 Å². The smallest absolute Gasteiger partial charge is 0.303 e. The molecular formula is C10H20O2. The van der Waals surface area contributed by atoms with E-state index in [9.17, 15) is 4.79 Å². The summed E-state index contributed by atoms with van der Waals surface area (Å²) in [7, 11) is 0. The van der Waals surface area contributed by atoms with Gasteiger partial charge in [0.15, 0.2) is 0 Å². The molecule has 0 aromatic carbocycles. The predicted octanol–water partition coefficient (Wildman–Crippen LogP) is 2.78. The van der Waals surface area contributed by atoms with Gasteiger partial charge in [0.2, 0.25) is 0 Å². The Morgan fingerprint density at radius 1 is 1.17 bits per heavy atom. The second kappa shape index (κ2) is 5.18. The second-order valence-corrected chi connectivity index (χ2v) is 4.08. The van der Waals surface area contributed by atoms with Gasteiger partial charge in [-0.15, -0.1) is 0 Å². The van der Waals surface area contributed by atoms with E-state index in [1.807, 2.05) is 0 Å². The summed E-state index contributed by atoms with van der Waals surface area (Å²) in [6.45, 7) is 8.64. The van der Waals surface area contributed by atoms with Crippen LogP contribution < -0.4 is 0 Å². The van der Waals surface area contributed by atoms with Crippen LogP contribution in [0.1, 0.15) is 40.5 Å². The maximum atomic E-state index is 10.3. The van der Waals surface area contributed by atoms with Crippen LogP contribution in [0.25, 0.3) is 0 Å². The Kier molecular flexibility index (Phi) is 4.95. The number of carboxylic acids is 1. The summed E-state index contributed by atoms with van der Waals surface area (Å²) >= 11 is 0. The van der Waals surface area contributed by atoms with Crippen molar-refractivity contribution in [2.45, 2.75) is 40.5 Å². The molecule has 0 radical (unpaired) electrons. The predicted molar refractivity (Wildman–Crippen MR) is 50.0 cm³/mol. The number of hydrogen-bond acceptors (Lipinski definition) is 1. The molecule has 0 amide bonds. The topological polar surface area (TPSA) is 37.3 Å². The van der Waals surface area contributed by atoms with Crippen molar-refractivity contribution in [2.24, 2.45) is 17.8 Å². The zero-order chi connectivity index (χ0) is 9.72. The van der Waals surface area contributed by atoms with Gasteiger partial charge in [0.25, 0.3) is 0 Å². The van der Waals surface area contributed by atoms with Crippen molar-refractivity contribution in [1.82, 2.24) is 0 Å². The van der Waals surface area contributed by atoms with Gasteiger partial charge in [-0.3, -0.25) is 4.79 Å². The van der Waals surface area contributed by atoms with Crippen LogP contribution in [-0.2, 0) is 4.79 Å². The van der Waals surface area contributed by atoms with E-state index in [1.54, 1.807) is 0 Å². The highest BCUT2D eigenvalue weighted by molar-refractivity contribution is 5.66. The Balaban J connectivity index is 3.88. The molecule has 12 heavy (non-hydrogen) atoms. The molecule has 1 N–H and O–H groups in total. The molecular weight excluding hydrogens is 152 g/mol. The van der Waals surface area contributed by atoms with E-state index in [1.165, 1.54) is 0 Å². The van der Waals surface area contributed by atoms with E-state index < -0.39 is 5.97 Å². The van der Waals surface area contributed by atoms with Crippen molar-refractivity contribution in [3.8, 4) is 0 Å². The zero-order valence-electron chi connectivity index (χ0n) is 8.50. The van der Waals surface area contributed by atoms with E-state index in [-0.39, 0.29) is 0 Å². The summed E-state index contributed by atoms with van der Waals surface area (Å²) in [5.41, 5.74) is 0. The molecule has 0 saturated carbocycles. The molecule has 0 bridgehead atoms. The quantitative estimate of drug-likeness (QED) is 0.692. The van der Waals surface area contributed by atoms with Gasteiger partial charge in [-0.05, 0) is 24.2 Å². The monoisotopic (exact) mass is 172 g/mol. The van der Waals surface area contributed by atoms with Crippen molar-refractivity contribution in [1.29, 1.82) is 0 Å². The van der Waals surface area contributed by atoms with Gasteiger partial charge in [0.05, 0.1) is 0 Å². The SMILES string of the molecule is CC(C)C(CCC(=O)O)C(C)C. The summed E-state index contributed by atoms with van der Waals surface area (Å²) in [6.07, 6.45) is 1.12. The number of carbonyl (C=O) groups is 1. The standard InChI is InChI=1S/C10H20O2/c1-7(2)9(8(3)4)5-6-10(11)12/h7-9H,5-6H2,1-4H3,(H,11,12). The summed E-state index contributed by atoms with van der Waals surface area (Å²) < 4.78 is 0. The summed E-state index contributed by atoms with van der Waals surface area (Å²) in [6, 6.07) is 0. The lowest BCUT2D eigenvalue weighted by atomic mass is 9.82. The number of hydrogen-bond donors (Lipinski definition) is 1. The molecule has 0 atom stereocenters. The molecule has 0 spiro atoms. The van der Waals surface area contributed by atoms with Crippen molar-refractivity contribution in [3.05, 3.63) is 0 Å². The largest absolute Gasteiger partial charge is 0.481 e. The van der Waals surface area contributed by atoms with Crippen LogP contribution in [0, 0.1) is 17.8 Å². The molecule has 0 unspecified atom stereocenters. The third-order valence-electron chi connectivity index (χ3n) is 2.40. The first kappa shape index (κ1) is 11.5. The highest BCUT2D eigenvalue weighted by Crippen LogP contribution is 2.25. The second-order valence-electron chi connectivity index (χ2n) is 4.08. The first-order valence-electron chi connectivity index (χ1n) is 4.67. The molecule has 0 aromatic rings. The highest BCUT2D eigenvalue weighted by Gasteiger charge is 2.17. The molecule has 0 aromatic heterocycles. The molecule has 0 saturated heterocycles. The minimum absolute atomic E-state index is 0.307. The fourth-order valence-electron chi connectivity index (χ4n) is 1.73. The summed E-state index contributed by atoms with van der Waals surface area (Å²) in [5.74, 6) is 1.04. The van der Waals surface area contributed by atoms with Gasteiger partial charge in [-0.2, -0.15) is 0 Å². The van der Waals surface area contributed by atoms with Crippen LogP contribution in [-0.4, -0.2) is 11.1 Å². The van der Waals surface area contributed by atoms with Gasteiger partial charge < -0.3 is 5.11 Å². The zero-order valence-corrected chi connectivity index (χ0v) is 8.50. The lowest BCUT2D eigenvalue weighted by molar-refractivity contribution is -0.137. The Hall–Kier alpha value is -0.530. The molecule has 0 heterocycles. The number of rotatable bonds is 5. The average molecular weight is 172 g/mol. The lowest BCUT2D eigenvalue weighted by Gasteiger charge is -2.23. The highest BCUT2D eigenvalue weighted by atomic mass is 16.4.